The van der Waals surface area contributed by atoms with E-state index in [0.29, 0.717) is 13.0 Å². The second-order valence-electron chi connectivity index (χ2n) is 3.73. The van der Waals surface area contributed by atoms with Gasteiger partial charge in [0.2, 0.25) is 10.0 Å². The fraction of sp³-hybridized carbons (Fsp3) is 0.364. The van der Waals surface area contributed by atoms with Crippen molar-refractivity contribution in [3.63, 3.8) is 0 Å². The number of rotatable bonds is 6. The van der Waals surface area contributed by atoms with Crippen molar-refractivity contribution >= 4 is 27.2 Å². The smallest absolute Gasteiger partial charge is 0.241 e. The van der Waals surface area contributed by atoms with Crippen molar-refractivity contribution < 1.29 is 12.8 Å². The molecule has 3 N–H and O–H groups in total. The summed E-state index contributed by atoms with van der Waals surface area (Å²) in [6.07, 6.45) is 1.56. The predicted octanol–water partition coefficient (Wildman–Crippen LogP) is 1.54. The Morgan fingerprint density at radius 2 is 2.17 bits per heavy atom. The highest BCUT2D eigenvalue weighted by Gasteiger charge is 2.21. The van der Waals surface area contributed by atoms with Crippen LogP contribution in [0.4, 0.5) is 4.39 Å². The van der Waals surface area contributed by atoms with Gasteiger partial charge in [0.05, 0.1) is 10.5 Å². The third-order valence-corrected chi connectivity index (χ3v) is 4.04. The number of sulfonamides is 1. The van der Waals surface area contributed by atoms with Gasteiger partial charge < -0.3 is 5.73 Å². The lowest BCUT2D eigenvalue weighted by Gasteiger charge is -2.11. The average molecular weight is 290 g/mol. The molecule has 0 saturated heterocycles. The lowest BCUT2D eigenvalue weighted by Crippen LogP contribution is -2.28. The largest absolute Gasteiger partial charge is 0.389 e. The zero-order chi connectivity index (χ0) is 13.8. The quantitative estimate of drug-likeness (QED) is 0.616. The van der Waals surface area contributed by atoms with Crippen LogP contribution < -0.4 is 10.5 Å². The maximum absolute atomic E-state index is 13.6. The van der Waals surface area contributed by atoms with Crippen LogP contribution in [0.3, 0.4) is 0 Å². The van der Waals surface area contributed by atoms with Crippen LogP contribution in [-0.2, 0) is 10.0 Å². The molecule has 1 aromatic rings. The summed E-state index contributed by atoms with van der Waals surface area (Å²) in [6, 6.07) is 3.72. The number of benzene rings is 1. The molecular weight excluding hydrogens is 275 g/mol. The summed E-state index contributed by atoms with van der Waals surface area (Å²) in [7, 11) is -3.79. The average Bonchev–Trinajstić information content (AvgIpc) is 2.28. The van der Waals surface area contributed by atoms with Crippen LogP contribution in [0.2, 0.25) is 0 Å². The molecule has 0 aliphatic carbocycles. The lowest BCUT2D eigenvalue weighted by atomic mass is 10.2. The molecule has 0 heterocycles. The molecule has 0 amide bonds. The first kappa shape index (κ1) is 15.0. The minimum Gasteiger partial charge on any atom is -0.389 e. The maximum atomic E-state index is 13.6. The molecule has 18 heavy (non-hydrogen) atoms. The molecule has 1 rings (SSSR count). The van der Waals surface area contributed by atoms with Crippen LogP contribution in [0.25, 0.3) is 0 Å². The van der Waals surface area contributed by atoms with Gasteiger partial charge in [0.15, 0.2) is 0 Å². The standard InChI is InChI=1S/C11H15FN2O2S2/c1-2-3-7-14-18(15,16)9-6-4-5-8(12)10(9)11(13)17/h4-6,14H,2-3,7H2,1H3,(H2,13,17). The van der Waals surface area contributed by atoms with Gasteiger partial charge in [-0.25, -0.2) is 17.5 Å². The Morgan fingerprint density at radius 3 is 2.72 bits per heavy atom. The van der Waals surface area contributed by atoms with Crippen LogP contribution in [0, 0.1) is 5.82 Å². The summed E-state index contributed by atoms with van der Waals surface area (Å²) < 4.78 is 39.9. The van der Waals surface area contributed by atoms with Gasteiger partial charge in [-0.05, 0) is 18.6 Å². The number of halogens is 1. The minimum absolute atomic E-state index is 0.217. The Morgan fingerprint density at radius 1 is 1.50 bits per heavy atom. The molecule has 0 bridgehead atoms. The topological polar surface area (TPSA) is 72.2 Å². The molecule has 0 saturated carbocycles. The molecule has 0 aromatic heterocycles. The SMILES string of the molecule is CCCCNS(=O)(=O)c1cccc(F)c1C(N)=S. The van der Waals surface area contributed by atoms with E-state index in [2.05, 4.69) is 16.9 Å². The Balaban J connectivity index is 3.16. The molecule has 0 spiro atoms. The molecule has 0 atom stereocenters. The number of hydrogen-bond acceptors (Lipinski definition) is 3. The monoisotopic (exact) mass is 290 g/mol. The Hall–Kier alpha value is -1.05. The fourth-order valence-electron chi connectivity index (χ4n) is 1.43. The van der Waals surface area contributed by atoms with E-state index in [1.54, 1.807) is 0 Å². The fourth-order valence-corrected chi connectivity index (χ4v) is 3.00. The third kappa shape index (κ3) is 3.47. The Labute approximate surface area is 111 Å². The van der Waals surface area contributed by atoms with Crippen LogP contribution in [-0.4, -0.2) is 20.0 Å². The van der Waals surface area contributed by atoms with Crippen molar-refractivity contribution in [2.75, 3.05) is 6.54 Å². The predicted molar refractivity (Wildman–Crippen MR) is 72.4 cm³/mol. The van der Waals surface area contributed by atoms with Gasteiger partial charge in [-0.3, -0.25) is 0 Å². The number of thiocarbonyl (C=S) groups is 1. The molecular formula is C11H15FN2O2S2. The Kier molecular flexibility index (Phi) is 5.18. The van der Waals surface area contributed by atoms with E-state index in [1.807, 2.05) is 6.92 Å². The van der Waals surface area contributed by atoms with E-state index in [0.717, 1.165) is 12.5 Å². The van der Waals surface area contributed by atoms with E-state index in [1.165, 1.54) is 12.1 Å². The molecule has 0 radical (unpaired) electrons. The van der Waals surface area contributed by atoms with Crippen molar-refractivity contribution in [3.05, 3.63) is 29.6 Å². The second-order valence-corrected chi connectivity index (χ2v) is 5.90. The van der Waals surface area contributed by atoms with Crippen molar-refractivity contribution in [1.82, 2.24) is 4.72 Å². The van der Waals surface area contributed by atoms with Crippen molar-refractivity contribution in [3.8, 4) is 0 Å². The van der Waals surface area contributed by atoms with Gasteiger partial charge in [0.1, 0.15) is 10.8 Å². The van der Waals surface area contributed by atoms with Gasteiger partial charge in [0, 0.05) is 6.54 Å². The summed E-state index contributed by atoms with van der Waals surface area (Å²) in [4.78, 5) is -0.491. The number of nitrogens with two attached hydrogens (primary N) is 1. The summed E-state index contributed by atoms with van der Waals surface area (Å²) in [5, 5.41) is 0. The first-order chi connectivity index (χ1) is 8.40. The van der Waals surface area contributed by atoms with E-state index in [9.17, 15) is 12.8 Å². The molecule has 0 aliphatic heterocycles. The molecule has 100 valence electrons. The maximum Gasteiger partial charge on any atom is 0.241 e. The van der Waals surface area contributed by atoms with Crippen molar-refractivity contribution in [1.29, 1.82) is 0 Å². The molecule has 0 unspecified atom stereocenters. The Bertz CT molecular complexity index is 544. The van der Waals surface area contributed by atoms with Crippen molar-refractivity contribution in [2.24, 2.45) is 5.73 Å². The van der Waals surface area contributed by atoms with E-state index in [4.69, 9.17) is 5.73 Å². The van der Waals surface area contributed by atoms with Crippen molar-refractivity contribution in [2.45, 2.75) is 24.7 Å². The number of unbranched alkanes of at least 4 members (excludes halogenated alkanes) is 1. The van der Waals surface area contributed by atoms with E-state index < -0.39 is 15.8 Å². The van der Waals surface area contributed by atoms with Gasteiger partial charge in [-0.1, -0.05) is 31.6 Å². The highest BCUT2D eigenvalue weighted by Crippen LogP contribution is 2.18. The molecule has 4 nitrogen and oxygen atoms in total. The van der Waals surface area contributed by atoms with Crippen LogP contribution in [0.5, 0.6) is 0 Å². The lowest BCUT2D eigenvalue weighted by molar-refractivity contribution is 0.574. The first-order valence-electron chi connectivity index (χ1n) is 5.48. The summed E-state index contributed by atoms with van der Waals surface area (Å²) >= 11 is 4.69. The summed E-state index contributed by atoms with van der Waals surface area (Å²) in [5.74, 6) is -0.735. The highest BCUT2D eigenvalue weighted by atomic mass is 32.2. The highest BCUT2D eigenvalue weighted by molar-refractivity contribution is 7.89. The minimum atomic E-state index is -3.79. The summed E-state index contributed by atoms with van der Waals surface area (Å²) in [5.41, 5.74) is 5.13. The van der Waals surface area contributed by atoms with E-state index in [-0.39, 0.29) is 15.4 Å². The molecule has 7 heteroatoms. The van der Waals surface area contributed by atoms with Gasteiger partial charge in [-0.2, -0.15) is 0 Å². The molecule has 0 fully saturated rings. The van der Waals surface area contributed by atoms with Crippen LogP contribution in [0.1, 0.15) is 25.3 Å². The summed E-state index contributed by atoms with van der Waals surface area (Å²) in [6.45, 7) is 2.24. The second kappa shape index (κ2) is 6.21. The normalized spacial score (nSPS) is 11.4. The van der Waals surface area contributed by atoms with Gasteiger partial charge in [0.25, 0.3) is 0 Å². The zero-order valence-electron chi connectivity index (χ0n) is 9.94. The molecule has 1 aromatic carbocycles. The first-order valence-corrected chi connectivity index (χ1v) is 7.37. The number of nitrogens with one attached hydrogen (secondary N) is 1. The van der Waals surface area contributed by atoms with E-state index >= 15 is 0 Å². The zero-order valence-corrected chi connectivity index (χ0v) is 11.6. The number of hydrogen-bond donors (Lipinski definition) is 2. The third-order valence-electron chi connectivity index (χ3n) is 2.33. The van der Waals surface area contributed by atoms with Gasteiger partial charge >= 0.3 is 0 Å². The van der Waals surface area contributed by atoms with Crippen LogP contribution >= 0.6 is 12.2 Å². The van der Waals surface area contributed by atoms with Gasteiger partial charge in [-0.15, -0.1) is 0 Å². The van der Waals surface area contributed by atoms with Crippen LogP contribution in [0.15, 0.2) is 23.1 Å². The molecule has 0 aliphatic rings.